The smallest absolute Gasteiger partial charge is 0.465 e. The highest BCUT2D eigenvalue weighted by atomic mass is 35.5. The number of benzene rings is 2. The van der Waals surface area contributed by atoms with Gasteiger partial charge in [0.05, 0.1) is 28.9 Å². The molecule has 3 rings (SSSR count). The quantitative estimate of drug-likeness (QED) is 0.361. The predicted octanol–water partition coefficient (Wildman–Crippen LogP) is 5.34. The van der Waals surface area contributed by atoms with Crippen LogP contribution in [-0.2, 0) is 14.0 Å². The summed E-state index contributed by atoms with van der Waals surface area (Å²) in [6, 6.07) is 7.47. The second-order valence-electron chi connectivity index (χ2n) is 7.82. The number of esters is 1. The molecule has 0 spiro atoms. The third kappa shape index (κ3) is 4.73. The first kappa shape index (κ1) is 23.2. The third-order valence-electron chi connectivity index (χ3n) is 5.13. The number of rotatable bonds is 5. The molecular weight excluding hydrogens is 451 g/mol. The first-order valence-electron chi connectivity index (χ1n) is 9.10. The molecule has 1 N–H and O–H groups in total. The zero-order valence-corrected chi connectivity index (χ0v) is 19.5. The summed E-state index contributed by atoms with van der Waals surface area (Å²) in [5, 5.41) is 0.507. The van der Waals surface area contributed by atoms with Gasteiger partial charge in [-0.25, -0.2) is 9.18 Å². The van der Waals surface area contributed by atoms with Crippen LogP contribution < -0.4 is 10.2 Å². The number of methoxy groups -OCH3 is 1. The number of hydrogen-bond donors (Lipinski definition) is 1. The van der Waals surface area contributed by atoms with Gasteiger partial charge in [-0.2, -0.15) is 0 Å². The van der Waals surface area contributed by atoms with E-state index in [2.05, 4.69) is 4.72 Å². The van der Waals surface area contributed by atoms with Gasteiger partial charge in [0.2, 0.25) is 0 Å². The van der Waals surface area contributed by atoms with Crippen molar-refractivity contribution in [3.63, 3.8) is 0 Å². The number of nitrogens with one attached hydrogen (secondary N) is 1. The maximum absolute atomic E-state index is 14.3. The molecule has 2 aromatic rings. The maximum Gasteiger partial charge on any atom is 0.495 e. The Hall–Kier alpha value is -1.45. The highest BCUT2D eigenvalue weighted by Gasteiger charge is 2.51. The van der Waals surface area contributed by atoms with E-state index in [-0.39, 0.29) is 10.6 Å². The summed E-state index contributed by atoms with van der Waals surface area (Å²) in [4.78, 5) is 12.4. The van der Waals surface area contributed by atoms with E-state index in [0.717, 1.165) is 11.9 Å². The van der Waals surface area contributed by atoms with Crippen LogP contribution in [0.25, 0.3) is 0 Å². The van der Waals surface area contributed by atoms with E-state index in [1.54, 1.807) is 12.1 Å². The van der Waals surface area contributed by atoms with Gasteiger partial charge in [0.25, 0.3) is 0 Å². The van der Waals surface area contributed by atoms with Crippen molar-refractivity contribution in [1.29, 1.82) is 0 Å². The number of halogens is 3. The van der Waals surface area contributed by atoms with Gasteiger partial charge in [-0.15, -0.1) is 0 Å². The molecule has 30 heavy (non-hydrogen) atoms. The van der Waals surface area contributed by atoms with E-state index in [1.165, 1.54) is 25.3 Å². The van der Waals surface area contributed by atoms with E-state index >= 15 is 0 Å². The summed E-state index contributed by atoms with van der Waals surface area (Å²) in [7, 11) is 0.561. The highest BCUT2D eigenvalue weighted by Crippen LogP contribution is 2.37. The molecular formula is C20H21BCl2FNO4S. The van der Waals surface area contributed by atoms with E-state index in [9.17, 15) is 9.18 Å². The van der Waals surface area contributed by atoms with Crippen LogP contribution in [0.4, 0.5) is 10.1 Å². The SMILES string of the molecule is COC(=O)c1cc(Cl)cc(SNc2cc(F)cc(B3OC(C)(C)C(C)(C)O3)c2)c1Cl. The Morgan fingerprint density at radius 1 is 1.10 bits per heavy atom. The lowest BCUT2D eigenvalue weighted by molar-refractivity contribution is 0.00578. The molecule has 0 aliphatic carbocycles. The van der Waals surface area contributed by atoms with Gasteiger partial charge in [0.15, 0.2) is 0 Å². The molecule has 10 heteroatoms. The fraction of sp³-hybridized carbons (Fsp3) is 0.350. The van der Waals surface area contributed by atoms with Crippen LogP contribution in [0.1, 0.15) is 38.1 Å². The second-order valence-corrected chi connectivity index (χ2v) is 9.49. The van der Waals surface area contributed by atoms with Gasteiger partial charge in [-0.1, -0.05) is 23.2 Å². The van der Waals surface area contributed by atoms with Gasteiger partial charge in [-0.05, 0) is 75.4 Å². The summed E-state index contributed by atoms with van der Waals surface area (Å²) in [5.74, 6) is -1.05. The first-order valence-corrected chi connectivity index (χ1v) is 10.7. The average molecular weight is 472 g/mol. The van der Waals surface area contributed by atoms with Gasteiger partial charge >= 0.3 is 13.1 Å². The summed E-state index contributed by atoms with van der Waals surface area (Å²) in [6.45, 7) is 7.73. The molecule has 0 bridgehead atoms. The zero-order chi connectivity index (χ0) is 22.3. The largest absolute Gasteiger partial charge is 0.495 e. The highest BCUT2D eigenvalue weighted by molar-refractivity contribution is 8.00. The van der Waals surface area contributed by atoms with Crippen molar-refractivity contribution in [3.05, 3.63) is 51.8 Å². The molecule has 0 amide bonds. The topological polar surface area (TPSA) is 56.8 Å². The Morgan fingerprint density at radius 3 is 2.33 bits per heavy atom. The summed E-state index contributed by atoms with van der Waals surface area (Å²) in [5.41, 5.74) is 0.0910. The standard InChI is InChI=1S/C20H21BCl2FNO4S/c1-19(2)20(3,4)29-21(28-19)11-6-13(24)10-14(7-11)25-30-16-9-12(22)8-15(17(16)23)18(26)27-5/h6-10,25H,1-5H3. The van der Waals surface area contributed by atoms with Crippen molar-refractivity contribution in [3.8, 4) is 0 Å². The van der Waals surface area contributed by atoms with Crippen molar-refractivity contribution in [2.75, 3.05) is 11.8 Å². The predicted molar refractivity (Wildman–Crippen MR) is 119 cm³/mol. The molecule has 1 aliphatic heterocycles. The third-order valence-corrected chi connectivity index (χ3v) is 6.75. The summed E-state index contributed by atoms with van der Waals surface area (Å²) < 4.78 is 34.0. The van der Waals surface area contributed by atoms with Crippen LogP contribution in [0.15, 0.2) is 35.2 Å². The average Bonchev–Trinajstić information content (AvgIpc) is 2.88. The molecule has 2 aromatic carbocycles. The molecule has 1 fully saturated rings. The molecule has 0 aromatic heterocycles. The van der Waals surface area contributed by atoms with Crippen LogP contribution in [-0.4, -0.2) is 31.4 Å². The number of hydrogen-bond acceptors (Lipinski definition) is 6. The van der Waals surface area contributed by atoms with Crippen LogP contribution in [0.2, 0.25) is 10.0 Å². The minimum atomic E-state index is -0.697. The van der Waals surface area contributed by atoms with Crippen LogP contribution in [0, 0.1) is 5.82 Å². The van der Waals surface area contributed by atoms with E-state index in [4.69, 9.17) is 37.2 Å². The number of carbonyl (C=O) groups excluding carboxylic acids is 1. The Morgan fingerprint density at radius 2 is 1.73 bits per heavy atom. The lowest BCUT2D eigenvalue weighted by Gasteiger charge is -2.32. The Kier molecular flexibility index (Phi) is 6.65. The molecule has 1 aliphatic rings. The fourth-order valence-corrected chi connectivity index (χ4v) is 4.11. The lowest BCUT2D eigenvalue weighted by atomic mass is 9.79. The number of ether oxygens (including phenoxy) is 1. The minimum absolute atomic E-state index is 0.146. The molecule has 160 valence electrons. The Labute approximate surface area is 189 Å². The van der Waals surface area contributed by atoms with Crippen LogP contribution >= 0.6 is 35.1 Å². The molecule has 0 saturated carbocycles. The molecule has 5 nitrogen and oxygen atoms in total. The Bertz CT molecular complexity index is 974. The van der Waals surface area contributed by atoms with Gasteiger partial charge < -0.3 is 18.8 Å². The Balaban J connectivity index is 1.83. The molecule has 0 atom stereocenters. The normalized spacial score (nSPS) is 17.1. The van der Waals surface area contributed by atoms with Crippen molar-refractivity contribution >= 4 is 59.4 Å². The molecule has 0 unspecified atom stereocenters. The van der Waals surface area contributed by atoms with Gasteiger partial charge in [-0.3, -0.25) is 0 Å². The van der Waals surface area contributed by atoms with Crippen molar-refractivity contribution in [1.82, 2.24) is 0 Å². The monoisotopic (exact) mass is 471 g/mol. The van der Waals surface area contributed by atoms with E-state index < -0.39 is 30.1 Å². The molecule has 1 saturated heterocycles. The second kappa shape index (κ2) is 8.59. The number of anilines is 1. The minimum Gasteiger partial charge on any atom is -0.465 e. The van der Waals surface area contributed by atoms with Gasteiger partial charge in [0, 0.05) is 15.6 Å². The van der Waals surface area contributed by atoms with E-state index in [0.29, 0.717) is 21.1 Å². The number of carbonyl (C=O) groups is 1. The van der Waals surface area contributed by atoms with Crippen LogP contribution in [0.5, 0.6) is 0 Å². The van der Waals surface area contributed by atoms with Gasteiger partial charge in [0.1, 0.15) is 5.82 Å². The molecule has 0 radical (unpaired) electrons. The summed E-state index contributed by atoms with van der Waals surface area (Å²) >= 11 is 13.5. The fourth-order valence-electron chi connectivity index (χ4n) is 2.80. The van der Waals surface area contributed by atoms with Crippen molar-refractivity contribution < 1.29 is 23.2 Å². The maximum atomic E-state index is 14.3. The lowest BCUT2D eigenvalue weighted by Crippen LogP contribution is -2.41. The summed E-state index contributed by atoms with van der Waals surface area (Å²) in [6.07, 6.45) is 0. The van der Waals surface area contributed by atoms with Crippen molar-refractivity contribution in [2.24, 2.45) is 0 Å². The van der Waals surface area contributed by atoms with E-state index in [1.807, 2.05) is 27.7 Å². The van der Waals surface area contributed by atoms with Crippen LogP contribution in [0.3, 0.4) is 0 Å². The van der Waals surface area contributed by atoms with Crippen molar-refractivity contribution in [2.45, 2.75) is 43.8 Å². The first-order chi connectivity index (χ1) is 13.9. The molecule has 1 heterocycles. The zero-order valence-electron chi connectivity index (χ0n) is 17.1.